The van der Waals surface area contributed by atoms with Gasteiger partial charge >= 0.3 is 0 Å². The molecule has 0 unspecified atom stereocenters. The zero-order valence-corrected chi connectivity index (χ0v) is 15.4. The average Bonchev–Trinajstić information content (AvgIpc) is 3.08. The second-order valence-electron chi connectivity index (χ2n) is 5.74. The zero-order chi connectivity index (χ0) is 19.1. The van der Waals surface area contributed by atoms with Gasteiger partial charge in [0, 0.05) is 18.8 Å². The minimum absolute atomic E-state index is 0.0131. The Morgan fingerprint density at radius 3 is 2.37 bits per heavy atom. The number of nitrogens with zero attached hydrogens (tertiary/aromatic N) is 1. The molecular formula is C19H20N2O5S. The van der Waals surface area contributed by atoms with Gasteiger partial charge in [-0.1, -0.05) is 53.7 Å². The Bertz CT molecular complexity index is 956. The summed E-state index contributed by atoms with van der Waals surface area (Å²) in [7, 11) is -3.82. The molecule has 142 valence electrons. The monoisotopic (exact) mass is 388 g/mol. The van der Waals surface area contributed by atoms with Gasteiger partial charge in [0.1, 0.15) is 18.0 Å². The first-order valence-electron chi connectivity index (χ1n) is 8.42. The van der Waals surface area contributed by atoms with E-state index in [1.807, 2.05) is 30.3 Å². The molecule has 0 bridgehead atoms. The zero-order valence-electron chi connectivity index (χ0n) is 14.5. The molecule has 1 aromatic heterocycles. The summed E-state index contributed by atoms with van der Waals surface area (Å²) in [6.07, 6.45) is 0.477. The second kappa shape index (κ2) is 8.81. The van der Waals surface area contributed by atoms with Gasteiger partial charge < -0.3 is 14.4 Å². The van der Waals surface area contributed by atoms with Crippen molar-refractivity contribution < 1.29 is 22.8 Å². The van der Waals surface area contributed by atoms with Crippen LogP contribution in [-0.2, 0) is 21.4 Å². The molecule has 0 saturated heterocycles. The maximum Gasteiger partial charge on any atom is 0.262 e. The molecule has 2 aromatic carbocycles. The van der Waals surface area contributed by atoms with E-state index < -0.39 is 10.0 Å². The molecule has 1 heterocycles. The number of sulfonamides is 1. The van der Waals surface area contributed by atoms with Crippen molar-refractivity contribution >= 4 is 15.7 Å². The van der Waals surface area contributed by atoms with E-state index in [0.717, 1.165) is 0 Å². The Balaban J connectivity index is 1.94. The van der Waals surface area contributed by atoms with Crippen LogP contribution in [0.1, 0.15) is 12.2 Å². The third-order valence-electron chi connectivity index (χ3n) is 3.78. The van der Waals surface area contributed by atoms with Gasteiger partial charge in [0.15, 0.2) is 5.76 Å². The molecule has 0 radical (unpaired) electrons. The maximum atomic E-state index is 12.8. The second-order valence-corrected chi connectivity index (χ2v) is 7.43. The van der Waals surface area contributed by atoms with Crippen LogP contribution in [0.2, 0.25) is 0 Å². The Morgan fingerprint density at radius 2 is 1.70 bits per heavy atom. The van der Waals surface area contributed by atoms with Crippen LogP contribution in [0.25, 0.3) is 11.3 Å². The highest BCUT2D eigenvalue weighted by molar-refractivity contribution is 7.92. The van der Waals surface area contributed by atoms with Gasteiger partial charge in [-0.15, -0.1) is 0 Å². The first kappa shape index (κ1) is 19.1. The van der Waals surface area contributed by atoms with E-state index in [4.69, 9.17) is 14.4 Å². The van der Waals surface area contributed by atoms with Crippen LogP contribution in [0.5, 0.6) is 0 Å². The highest BCUT2D eigenvalue weighted by atomic mass is 32.2. The molecule has 0 aliphatic rings. The largest absolute Gasteiger partial charge is 0.396 e. The number of nitrogens with one attached hydrogen (secondary N) is 1. The van der Waals surface area contributed by atoms with E-state index in [1.54, 1.807) is 18.2 Å². The molecule has 0 amide bonds. The van der Waals surface area contributed by atoms with Crippen molar-refractivity contribution in [3.05, 3.63) is 66.4 Å². The van der Waals surface area contributed by atoms with Gasteiger partial charge in [-0.25, -0.2) is 8.42 Å². The van der Waals surface area contributed by atoms with E-state index in [2.05, 4.69) is 9.88 Å². The van der Waals surface area contributed by atoms with E-state index in [-0.39, 0.29) is 29.6 Å². The molecule has 0 saturated carbocycles. The Hall–Kier alpha value is -2.68. The van der Waals surface area contributed by atoms with Crippen LogP contribution in [0, 0.1) is 0 Å². The highest BCUT2D eigenvalue weighted by Crippen LogP contribution is 2.32. The predicted molar refractivity (Wildman–Crippen MR) is 101 cm³/mol. The van der Waals surface area contributed by atoms with Crippen molar-refractivity contribution in [2.24, 2.45) is 0 Å². The van der Waals surface area contributed by atoms with Crippen LogP contribution in [0.15, 0.2) is 70.1 Å². The van der Waals surface area contributed by atoms with Gasteiger partial charge in [-0.05, 0) is 18.6 Å². The molecular weight excluding hydrogens is 368 g/mol. The fourth-order valence-electron chi connectivity index (χ4n) is 2.45. The summed E-state index contributed by atoms with van der Waals surface area (Å²) >= 11 is 0. The quantitative estimate of drug-likeness (QED) is 0.546. The SMILES string of the molecule is O=S(=O)(Nc1c(-c2ccccc2)noc1COCCCO)c1ccccc1. The summed E-state index contributed by atoms with van der Waals surface area (Å²) in [5.41, 5.74) is 1.35. The van der Waals surface area contributed by atoms with E-state index >= 15 is 0 Å². The van der Waals surface area contributed by atoms with Crippen LogP contribution in [-0.4, -0.2) is 31.9 Å². The molecule has 0 spiro atoms. The third-order valence-corrected chi connectivity index (χ3v) is 5.15. The molecule has 0 fully saturated rings. The lowest BCUT2D eigenvalue weighted by Gasteiger charge is -2.10. The van der Waals surface area contributed by atoms with Crippen molar-refractivity contribution in [1.82, 2.24) is 5.16 Å². The molecule has 0 aliphatic heterocycles. The van der Waals surface area contributed by atoms with Crippen molar-refractivity contribution in [2.75, 3.05) is 17.9 Å². The lowest BCUT2D eigenvalue weighted by Crippen LogP contribution is -2.14. The molecule has 7 nitrogen and oxygen atoms in total. The molecule has 0 atom stereocenters. The molecule has 3 aromatic rings. The number of rotatable bonds is 9. The molecule has 2 N–H and O–H groups in total. The number of anilines is 1. The topological polar surface area (TPSA) is 102 Å². The molecule has 0 aliphatic carbocycles. The van der Waals surface area contributed by atoms with Gasteiger partial charge in [-0.2, -0.15) is 0 Å². The van der Waals surface area contributed by atoms with Crippen molar-refractivity contribution in [3.8, 4) is 11.3 Å². The van der Waals surface area contributed by atoms with Crippen LogP contribution in [0.4, 0.5) is 5.69 Å². The first-order valence-corrected chi connectivity index (χ1v) is 9.90. The summed E-state index contributed by atoms with van der Waals surface area (Å²) in [5.74, 6) is 0.270. The van der Waals surface area contributed by atoms with E-state index in [1.165, 1.54) is 12.1 Å². The number of aromatic nitrogens is 1. The normalized spacial score (nSPS) is 11.4. The summed E-state index contributed by atoms with van der Waals surface area (Å²) < 4.78 is 38.9. The van der Waals surface area contributed by atoms with Crippen molar-refractivity contribution in [2.45, 2.75) is 17.9 Å². The van der Waals surface area contributed by atoms with Gasteiger partial charge in [-0.3, -0.25) is 4.72 Å². The van der Waals surface area contributed by atoms with Crippen molar-refractivity contribution in [1.29, 1.82) is 0 Å². The number of ether oxygens (including phenoxy) is 1. The lowest BCUT2D eigenvalue weighted by atomic mass is 10.1. The first-order chi connectivity index (χ1) is 13.1. The third kappa shape index (κ3) is 4.73. The summed E-state index contributed by atoms with van der Waals surface area (Å²) in [6, 6.07) is 17.2. The maximum absolute atomic E-state index is 12.8. The van der Waals surface area contributed by atoms with Crippen molar-refractivity contribution in [3.63, 3.8) is 0 Å². The summed E-state index contributed by atoms with van der Waals surface area (Å²) in [6.45, 7) is 0.369. The van der Waals surface area contributed by atoms with E-state index in [9.17, 15) is 8.42 Å². The molecule has 8 heteroatoms. The number of hydrogen-bond acceptors (Lipinski definition) is 6. The number of hydrogen-bond donors (Lipinski definition) is 2. The van der Waals surface area contributed by atoms with Gasteiger partial charge in [0.05, 0.1) is 4.90 Å². The number of aliphatic hydroxyl groups is 1. The number of aliphatic hydroxyl groups excluding tert-OH is 1. The average molecular weight is 388 g/mol. The Kier molecular flexibility index (Phi) is 6.23. The van der Waals surface area contributed by atoms with Gasteiger partial charge in [0.25, 0.3) is 10.0 Å². The van der Waals surface area contributed by atoms with Gasteiger partial charge in [0.2, 0.25) is 0 Å². The van der Waals surface area contributed by atoms with Crippen LogP contribution in [0.3, 0.4) is 0 Å². The smallest absolute Gasteiger partial charge is 0.262 e. The Morgan fingerprint density at radius 1 is 1.04 bits per heavy atom. The molecule has 3 rings (SSSR count). The summed E-state index contributed by atoms with van der Waals surface area (Å²) in [5, 5.41) is 12.9. The standard InChI is InChI=1S/C19H20N2O5S/c22-12-7-13-25-14-17-19(18(20-26-17)15-8-3-1-4-9-15)21-27(23,24)16-10-5-2-6-11-16/h1-6,8-11,21-22H,7,12-14H2. The lowest BCUT2D eigenvalue weighted by molar-refractivity contribution is 0.0883. The van der Waals surface area contributed by atoms with Crippen LogP contribution >= 0.6 is 0 Å². The highest BCUT2D eigenvalue weighted by Gasteiger charge is 2.23. The van der Waals surface area contributed by atoms with E-state index in [0.29, 0.717) is 24.3 Å². The predicted octanol–water partition coefficient (Wildman–Crippen LogP) is 3.04. The fraction of sp³-hybridized carbons (Fsp3) is 0.211. The molecule has 27 heavy (non-hydrogen) atoms. The minimum Gasteiger partial charge on any atom is -0.396 e. The fourth-order valence-corrected chi connectivity index (χ4v) is 3.56. The minimum atomic E-state index is -3.82. The van der Waals surface area contributed by atoms with Crippen LogP contribution < -0.4 is 4.72 Å². The Labute approximate surface area is 157 Å². The number of benzene rings is 2. The summed E-state index contributed by atoms with van der Waals surface area (Å²) in [4.78, 5) is 0.136.